The van der Waals surface area contributed by atoms with Gasteiger partial charge in [-0.3, -0.25) is 4.79 Å². The van der Waals surface area contributed by atoms with Gasteiger partial charge in [0.2, 0.25) is 5.76 Å². The highest BCUT2D eigenvalue weighted by Crippen LogP contribution is 2.20. The number of ether oxygens (including phenoxy) is 2. The van der Waals surface area contributed by atoms with Gasteiger partial charge >= 0.3 is 0 Å². The van der Waals surface area contributed by atoms with E-state index in [1.165, 1.54) is 18.2 Å². The number of methoxy groups -OCH3 is 1. The number of hydrogen-bond donors (Lipinski definition) is 1. The van der Waals surface area contributed by atoms with Crippen LogP contribution in [-0.4, -0.2) is 31.3 Å². The minimum atomic E-state index is -0.422. The highest BCUT2D eigenvalue weighted by Gasteiger charge is 2.14. The molecule has 0 saturated heterocycles. The molecule has 0 bridgehead atoms. The van der Waals surface area contributed by atoms with Gasteiger partial charge in [-0.2, -0.15) is 0 Å². The molecule has 0 unspecified atom stereocenters. The van der Waals surface area contributed by atoms with Crippen molar-refractivity contribution in [2.75, 3.05) is 20.3 Å². The van der Waals surface area contributed by atoms with Crippen molar-refractivity contribution in [1.82, 2.24) is 10.5 Å². The van der Waals surface area contributed by atoms with Gasteiger partial charge in [-0.15, -0.1) is 0 Å². The fourth-order valence-electron chi connectivity index (χ4n) is 2.28. The fourth-order valence-corrected chi connectivity index (χ4v) is 2.28. The maximum atomic E-state index is 13.3. The number of amides is 1. The van der Waals surface area contributed by atoms with Crippen molar-refractivity contribution in [2.45, 2.75) is 0 Å². The van der Waals surface area contributed by atoms with E-state index in [2.05, 4.69) is 10.5 Å². The van der Waals surface area contributed by atoms with E-state index in [1.54, 1.807) is 31.4 Å². The highest BCUT2D eigenvalue weighted by atomic mass is 19.1. The molecule has 0 aliphatic carbocycles. The predicted molar refractivity (Wildman–Crippen MR) is 92.7 cm³/mol. The van der Waals surface area contributed by atoms with Crippen LogP contribution < -0.4 is 14.8 Å². The minimum absolute atomic E-state index is 0.0469. The summed E-state index contributed by atoms with van der Waals surface area (Å²) in [7, 11) is 1.58. The van der Waals surface area contributed by atoms with Gasteiger partial charge < -0.3 is 19.3 Å². The van der Waals surface area contributed by atoms with Crippen LogP contribution in [-0.2, 0) is 0 Å². The van der Waals surface area contributed by atoms with Crippen LogP contribution in [0.25, 0.3) is 11.3 Å². The van der Waals surface area contributed by atoms with E-state index in [4.69, 9.17) is 14.0 Å². The Bertz CT molecular complexity index is 895. The summed E-state index contributed by atoms with van der Waals surface area (Å²) in [5.74, 6) is 0.580. The Balaban J connectivity index is 1.51. The zero-order chi connectivity index (χ0) is 18.4. The van der Waals surface area contributed by atoms with Crippen LogP contribution in [0.4, 0.5) is 4.39 Å². The number of nitrogens with zero attached hydrogens (tertiary/aromatic N) is 1. The second-order valence-electron chi connectivity index (χ2n) is 5.37. The van der Waals surface area contributed by atoms with E-state index in [9.17, 15) is 9.18 Å². The number of benzene rings is 2. The number of carbonyl (C=O) groups excluding carboxylic acids is 1. The van der Waals surface area contributed by atoms with Gasteiger partial charge in [-0.05, 0) is 24.3 Å². The molecule has 2 aromatic carbocycles. The zero-order valence-corrected chi connectivity index (χ0v) is 14.1. The third-order valence-electron chi connectivity index (χ3n) is 3.55. The van der Waals surface area contributed by atoms with Crippen LogP contribution in [0.1, 0.15) is 10.6 Å². The molecule has 0 aliphatic heterocycles. The van der Waals surface area contributed by atoms with Gasteiger partial charge in [-0.25, -0.2) is 4.39 Å². The molecule has 1 aromatic heterocycles. The van der Waals surface area contributed by atoms with Crippen molar-refractivity contribution in [2.24, 2.45) is 0 Å². The molecule has 134 valence electrons. The Hall–Kier alpha value is -3.35. The van der Waals surface area contributed by atoms with Crippen molar-refractivity contribution in [1.29, 1.82) is 0 Å². The van der Waals surface area contributed by atoms with Crippen LogP contribution in [0.15, 0.2) is 59.1 Å². The summed E-state index contributed by atoms with van der Waals surface area (Å²) < 4.78 is 28.9. The monoisotopic (exact) mass is 356 g/mol. The van der Waals surface area contributed by atoms with Crippen molar-refractivity contribution in [3.8, 4) is 22.8 Å². The van der Waals surface area contributed by atoms with Crippen LogP contribution >= 0.6 is 0 Å². The van der Waals surface area contributed by atoms with Crippen molar-refractivity contribution >= 4 is 5.91 Å². The van der Waals surface area contributed by atoms with Gasteiger partial charge in [0, 0.05) is 17.7 Å². The van der Waals surface area contributed by atoms with Crippen molar-refractivity contribution in [3.63, 3.8) is 0 Å². The number of rotatable bonds is 7. The molecule has 26 heavy (non-hydrogen) atoms. The maximum absolute atomic E-state index is 13.3. The minimum Gasteiger partial charge on any atom is -0.497 e. The first kappa shape index (κ1) is 17.5. The summed E-state index contributed by atoms with van der Waals surface area (Å²) in [6.07, 6.45) is 0. The Morgan fingerprint density at radius 1 is 1.15 bits per heavy atom. The molecule has 0 radical (unpaired) electrons. The number of halogens is 1. The molecule has 3 aromatic rings. The molecule has 0 fully saturated rings. The van der Waals surface area contributed by atoms with E-state index in [0.29, 0.717) is 22.8 Å². The summed E-state index contributed by atoms with van der Waals surface area (Å²) in [6.45, 7) is 0.565. The molecular weight excluding hydrogens is 339 g/mol. The van der Waals surface area contributed by atoms with E-state index < -0.39 is 5.91 Å². The first-order valence-corrected chi connectivity index (χ1v) is 7.93. The summed E-state index contributed by atoms with van der Waals surface area (Å²) in [5, 5.41) is 6.47. The van der Waals surface area contributed by atoms with Crippen LogP contribution in [0.2, 0.25) is 0 Å². The van der Waals surface area contributed by atoms with Gasteiger partial charge in [0.1, 0.15) is 29.6 Å². The molecule has 6 nitrogen and oxygen atoms in total. The fraction of sp³-hybridized carbons (Fsp3) is 0.158. The lowest BCUT2D eigenvalue weighted by Crippen LogP contribution is -2.27. The van der Waals surface area contributed by atoms with Gasteiger partial charge in [0.25, 0.3) is 5.91 Å². The summed E-state index contributed by atoms with van der Waals surface area (Å²) in [5.41, 5.74) is 0.927. The molecule has 1 heterocycles. The normalized spacial score (nSPS) is 10.4. The molecule has 7 heteroatoms. The molecule has 0 spiro atoms. The molecule has 1 amide bonds. The van der Waals surface area contributed by atoms with Crippen molar-refractivity contribution in [3.05, 3.63) is 66.2 Å². The zero-order valence-electron chi connectivity index (χ0n) is 14.1. The van der Waals surface area contributed by atoms with Gasteiger partial charge in [0.15, 0.2) is 0 Å². The molecule has 0 saturated carbocycles. The number of aromatic nitrogens is 1. The van der Waals surface area contributed by atoms with E-state index >= 15 is 0 Å². The largest absolute Gasteiger partial charge is 0.497 e. The highest BCUT2D eigenvalue weighted by molar-refractivity contribution is 5.92. The SMILES string of the molecule is COc1cccc(OCCNC(=O)c2cc(-c3cccc(F)c3)no2)c1. The molecular formula is C19H17FN2O4. The average molecular weight is 356 g/mol. The second kappa shape index (κ2) is 8.15. The van der Waals surface area contributed by atoms with Crippen LogP contribution in [0, 0.1) is 5.82 Å². The molecule has 0 atom stereocenters. The molecule has 0 aliphatic rings. The topological polar surface area (TPSA) is 73.6 Å². The Labute approximate surface area is 149 Å². The lowest BCUT2D eigenvalue weighted by molar-refractivity contribution is 0.0910. The number of hydrogen-bond acceptors (Lipinski definition) is 5. The summed E-state index contributed by atoms with van der Waals surface area (Å²) in [4.78, 5) is 12.1. The molecule has 3 rings (SSSR count). The van der Waals surface area contributed by atoms with Crippen LogP contribution in [0.5, 0.6) is 11.5 Å². The quantitative estimate of drug-likeness (QED) is 0.658. The van der Waals surface area contributed by atoms with Gasteiger partial charge in [-0.1, -0.05) is 23.4 Å². The lowest BCUT2D eigenvalue weighted by Gasteiger charge is -2.08. The number of nitrogens with one attached hydrogen (secondary N) is 1. The Kier molecular flexibility index (Phi) is 5.48. The van der Waals surface area contributed by atoms with Crippen molar-refractivity contribution < 1.29 is 23.2 Å². The smallest absolute Gasteiger partial charge is 0.290 e. The predicted octanol–water partition coefficient (Wildman–Crippen LogP) is 3.30. The van der Waals surface area contributed by atoms with E-state index in [0.717, 1.165) is 0 Å². The van der Waals surface area contributed by atoms with Gasteiger partial charge in [0.05, 0.1) is 13.7 Å². The molecule has 1 N–H and O–H groups in total. The first-order chi connectivity index (χ1) is 12.7. The maximum Gasteiger partial charge on any atom is 0.290 e. The lowest BCUT2D eigenvalue weighted by atomic mass is 10.1. The third-order valence-corrected chi connectivity index (χ3v) is 3.55. The Morgan fingerprint density at radius 2 is 1.96 bits per heavy atom. The Morgan fingerprint density at radius 3 is 2.77 bits per heavy atom. The summed E-state index contributed by atoms with van der Waals surface area (Å²) >= 11 is 0. The van der Waals surface area contributed by atoms with E-state index in [1.807, 2.05) is 12.1 Å². The average Bonchev–Trinajstić information content (AvgIpc) is 3.15. The number of carbonyl (C=O) groups is 1. The first-order valence-electron chi connectivity index (χ1n) is 7.93. The van der Waals surface area contributed by atoms with Crippen LogP contribution in [0.3, 0.4) is 0 Å². The summed E-state index contributed by atoms with van der Waals surface area (Å²) in [6, 6.07) is 14.5. The second-order valence-corrected chi connectivity index (χ2v) is 5.37. The van der Waals surface area contributed by atoms with E-state index in [-0.39, 0.29) is 24.7 Å². The third kappa shape index (κ3) is 4.38. The standard InChI is InChI=1S/C19H17FN2O4/c1-24-15-6-3-7-16(11-15)25-9-8-21-19(23)18-12-17(22-26-18)13-4-2-5-14(20)10-13/h2-7,10-12H,8-9H2,1H3,(H,21,23).